The van der Waals surface area contributed by atoms with Crippen molar-refractivity contribution >= 4 is 23.1 Å². The molecule has 1 aromatic rings. The second kappa shape index (κ2) is 6.12. The highest BCUT2D eigenvalue weighted by Gasteiger charge is 2.27. The molecule has 7 nitrogen and oxygen atoms in total. The average molecular weight is 270 g/mol. The summed E-state index contributed by atoms with van der Waals surface area (Å²) in [6.45, 7) is 4.07. The van der Waals surface area contributed by atoms with Crippen LogP contribution < -0.4 is 4.90 Å². The summed E-state index contributed by atoms with van der Waals surface area (Å²) < 4.78 is 0. The molecular weight excluding hydrogens is 258 g/mol. The molecule has 96 valence electrons. The molecule has 0 atom stereocenters. The van der Waals surface area contributed by atoms with Crippen LogP contribution in [0.3, 0.4) is 0 Å². The van der Waals surface area contributed by atoms with Gasteiger partial charge in [-0.1, -0.05) is 11.6 Å². The third-order valence-corrected chi connectivity index (χ3v) is 2.58. The third kappa shape index (κ3) is 3.05. The summed E-state index contributed by atoms with van der Waals surface area (Å²) in [5.74, 6) is 0.144. The highest BCUT2D eigenvalue weighted by molar-refractivity contribution is 6.31. The van der Waals surface area contributed by atoms with E-state index in [-0.39, 0.29) is 29.1 Å². The van der Waals surface area contributed by atoms with Gasteiger partial charge in [0.05, 0.1) is 17.4 Å². The molecule has 0 aliphatic rings. The van der Waals surface area contributed by atoms with Gasteiger partial charge >= 0.3 is 5.69 Å². The number of hydrogen-bond acceptors (Lipinski definition) is 6. The molecule has 0 aliphatic heterocycles. The lowest BCUT2D eigenvalue weighted by molar-refractivity contribution is -0.384. The third-order valence-electron chi connectivity index (χ3n) is 2.30. The van der Waals surface area contributed by atoms with E-state index in [2.05, 4.69) is 9.97 Å². The van der Waals surface area contributed by atoms with E-state index in [1.807, 2.05) is 19.9 Å². The van der Waals surface area contributed by atoms with Crippen LogP contribution in [0.25, 0.3) is 0 Å². The van der Waals surface area contributed by atoms with Gasteiger partial charge < -0.3 is 4.90 Å². The van der Waals surface area contributed by atoms with Gasteiger partial charge in [-0.2, -0.15) is 5.26 Å². The molecule has 0 unspecified atom stereocenters. The maximum Gasteiger partial charge on any atom is 0.348 e. The molecule has 1 heterocycles. The molecule has 1 aromatic heterocycles. The number of halogens is 1. The van der Waals surface area contributed by atoms with Crippen LogP contribution in [-0.4, -0.2) is 27.5 Å². The van der Waals surface area contributed by atoms with E-state index >= 15 is 0 Å². The molecule has 0 amide bonds. The normalized spacial score (nSPS) is 10.2. The van der Waals surface area contributed by atoms with E-state index in [0.29, 0.717) is 6.54 Å². The number of anilines is 1. The fourth-order valence-electron chi connectivity index (χ4n) is 1.50. The molecule has 0 fully saturated rings. The molecule has 0 N–H and O–H groups in total. The zero-order valence-corrected chi connectivity index (χ0v) is 10.8. The minimum Gasteiger partial charge on any atom is -0.347 e. The van der Waals surface area contributed by atoms with Crippen molar-refractivity contribution in [1.29, 1.82) is 5.26 Å². The van der Waals surface area contributed by atoms with Gasteiger partial charge in [-0.15, -0.1) is 0 Å². The Labute approximate surface area is 109 Å². The molecule has 0 spiro atoms. The Morgan fingerprint density at radius 2 is 2.28 bits per heavy atom. The first-order chi connectivity index (χ1) is 8.49. The van der Waals surface area contributed by atoms with Crippen LogP contribution in [0, 0.1) is 21.4 Å². The summed E-state index contributed by atoms with van der Waals surface area (Å²) in [4.78, 5) is 19.6. The topological polar surface area (TPSA) is 96.0 Å². The standard InChI is InChI=1S/C10H12ClN5O2/c1-7(2)15(5-3-4-12)10-8(16(17)18)9(11)13-6-14-10/h6-7H,3,5H2,1-2H3. The van der Waals surface area contributed by atoms with E-state index in [0.717, 1.165) is 0 Å². The van der Waals surface area contributed by atoms with Gasteiger partial charge in [0.15, 0.2) is 0 Å². The summed E-state index contributed by atoms with van der Waals surface area (Å²) in [6, 6.07) is 1.96. The van der Waals surface area contributed by atoms with Crippen molar-refractivity contribution in [2.24, 2.45) is 0 Å². The van der Waals surface area contributed by atoms with Gasteiger partial charge in [0.25, 0.3) is 0 Å². The van der Waals surface area contributed by atoms with Gasteiger partial charge in [-0.05, 0) is 13.8 Å². The van der Waals surface area contributed by atoms with Crippen LogP contribution in [0.1, 0.15) is 20.3 Å². The van der Waals surface area contributed by atoms with Crippen LogP contribution in [0.15, 0.2) is 6.33 Å². The Morgan fingerprint density at radius 1 is 1.61 bits per heavy atom. The molecule has 0 radical (unpaired) electrons. The minimum absolute atomic E-state index is 0.0389. The zero-order chi connectivity index (χ0) is 13.7. The highest BCUT2D eigenvalue weighted by atomic mass is 35.5. The predicted molar refractivity (Wildman–Crippen MR) is 66.4 cm³/mol. The number of nitrogens with zero attached hydrogens (tertiary/aromatic N) is 5. The fourth-order valence-corrected chi connectivity index (χ4v) is 1.69. The number of nitro groups is 1. The second-order valence-electron chi connectivity index (χ2n) is 3.79. The van der Waals surface area contributed by atoms with E-state index < -0.39 is 4.92 Å². The Morgan fingerprint density at radius 3 is 2.78 bits per heavy atom. The lowest BCUT2D eigenvalue weighted by Gasteiger charge is -2.26. The maximum absolute atomic E-state index is 11.0. The van der Waals surface area contributed by atoms with Crippen molar-refractivity contribution in [2.75, 3.05) is 11.4 Å². The monoisotopic (exact) mass is 269 g/mol. The van der Waals surface area contributed by atoms with Crippen LogP contribution in [-0.2, 0) is 0 Å². The van der Waals surface area contributed by atoms with Crippen molar-refractivity contribution < 1.29 is 4.92 Å². The predicted octanol–water partition coefficient (Wildman–Crippen LogP) is 2.17. The summed E-state index contributed by atoms with van der Waals surface area (Å²) in [5, 5.41) is 19.4. The second-order valence-corrected chi connectivity index (χ2v) is 4.15. The lowest BCUT2D eigenvalue weighted by Crippen LogP contribution is -2.33. The van der Waals surface area contributed by atoms with Gasteiger partial charge in [0.2, 0.25) is 11.0 Å². The smallest absolute Gasteiger partial charge is 0.347 e. The average Bonchev–Trinajstić information content (AvgIpc) is 2.28. The van der Waals surface area contributed by atoms with E-state index in [9.17, 15) is 10.1 Å². The molecule has 18 heavy (non-hydrogen) atoms. The minimum atomic E-state index is -0.612. The number of rotatable bonds is 5. The first kappa shape index (κ1) is 14.1. The molecule has 0 bridgehead atoms. The van der Waals surface area contributed by atoms with Crippen molar-refractivity contribution in [3.63, 3.8) is 0 Å². The molecule has 1 rings (SSSR count). The number of hydrogen-bond donors (Lipinski definition) is 0. The van der Waals surface area contributed by atoms with Crippen LogP contribution in [0.4, 0.5) is 11.5 Å². The Balaban J connectivity index is 3.24. The van der Waals surface area contributed by atoms with Crippen molar-refractivity contribution in [1.82, 2.24) is 9.97 Å². The largest absolute Gasteiger partial charge is 0.348 e. The van der Waals surface area contributed by atoms with E-state index in [1.54, 1.807) is 4.90 Å². The SMILES string of the molecule is CC(C)N(CCC#N)c1ncnc(Cl)c1[N+](=O)[O-]. The summed E-state index contributed by atoms with van der Waals surface area (Å²) >= 11 is 5.72. The lowest BCUT2D eigenvalue weighted by atomic mass is 10.2. The maximum atomic E-state index is 11.0. The quantitative estimate of drug-likeness (QED) is 0.462. The van der Waals surface area contributed by atoms with Crippen LogP contribution in [0.2, 0.25) is 5.15 Å². The Kier molecular flexibility index (Phi) is 4.80. The zero-order valence-electron chi connectivity index (χ0n) is 10.00. The molecule has 0 saturated heterocycles. The first-order valence-electron chi connectivity index (χ1n) is 5.27. The molecule has 0 saturated carbocycles. The van der Waals surface area contributed by atoms with Gasteiger partial charge in [-0.3, -0.25) is 10.1 Å². The number of nitriles is 1. The van der Waals surface area contributed by atoms with Crippen LogP contribution in [0.5, 0.6) is 0 Å². The van der Waals surface area contributed by atoms with E-state index in [4.69, 9.17) is 16.9 Å². The van der Waals surface area contributed by atoms with Crippen molar-refractivity contribution in [3.8, 4) is 6.07 Å². The highest BCUT2D eigenvalue weighted by Crippen LogP contribution is 2.32. The van der Waals surface area contributed by atoms with Gasteiger partial charge in [0.1, 0.15) is 6.33 Å². The molecule has 0 aromatic carbocycles. The summed E-state index contributed by atoms with van der Waals surface area (Å²) in [7, 11) is 0. The summed E-state index contributed by atoms with van der Waals surface area (Å²) in [6.07, 6.45) is 1.42. The summed E-state index contributed by atoms with van der Waals surface area (Å²) in [5.41, 5.74) is -0.328. The van der Waals surface area contributed by atoms with Gasteiger partial charge in [0, 0.05) is 12.6 Å². The molecular formula is C10H12ClN5O2. The Hall–Kier alpha value is -1.94. The number of aromatic nitrogens is 2. The van der Waals surface area contributed by atoms with Gasteiger partial charge in [-0.25, -0.2) is 9.97 Å². The fraction of sp³-hybridized carbons (Fsp3) is 0.500. The van der Waals surface area contributed by atoms with Crippen molar-refractivity contribution in [2.45, 2.75) is 26.3 Å². The van der Waals surface area contributed by atoms with Crippen LogP contribution >= 0.6 is 11.6 Å². The molecule has 8 heteroatoms. The van der Waals surface area contributed by atoms with E-state index in [1.165, 1.54) is 6.33 Å². The van der Waals surface area contributed by atoms with Crippen molar-refractivity contribution in [3.05, 3.63) is 21.6 Å². The molecule has 0 aliphatic carbocycles. The Bertz CT molecular complexity index is 486. The first-order valence-corrected chi connectivity index (χ1v) is 5.65.